The molecule has 0 bridgehead atoms. The van der Waals surface area contributed by atoms with Gasteiger partial charge in [-0.3, -0.25) is 24.0 Å². The van der Waals surface area contributed by atoms with Crippen molar-refractivity contribution in [2.45, 2.75) is 31.8 Å². The number of rotatable bonds is 5. The van der Waals surface area contributed by atoms with Crippen LogP contribution in [0.1, 0.15) is 77.2 Å². The molecule has 10 nitrogen and oxygen atoms in total. The number of aromatic amines is 1. The summed E-state index contributed by atoms with van der Waals surface area (Å²) in [5, 5.41) is 34.4. The van der Waals surface area contributed by atoms with Gasteiger partial charge in [-0.25, -0.2) is 0 Å². The summed E-state index contributed by atoms with van der Waals surface area (Å²) < 4.78 is 5.59. The summed E-state index contributed by atoms with van der Waals surface area (Å²) in [6.07, 6.45) is 7.88. The molecular weight excluding hydrogens is 590 g/mol. The number of Topliss-reactive ketones (excluding diaryl/α,β-unsaturated/α-hetero) is 3. The number of pyridine rings is 1. The van der Waals surface area contributed by atoms with E-state index < -0.39 is 79.4 Å². The van der Waals surface area contributed by atoms with Gasteiger partial charge in [0.2, 0.25) is 5.78 Å². The Morgan fingerprint density at radius 1 is 0.870 bits per heavy atom. The van der Waals surface area contributed by atoms with E-state index in [1.54, 1.807) is 60.7 Å². The van der Waals surface area contributed by atoms with Gasteiger partial charge in [0.05, 0.1) is 27.6 Å². The van der Waals surface area contributed by atoms with Gasteiger partial charge in [0.1, 0.15) is 29.3 Å². The van der Waals surface area contributed by atoms with Gasteiger partial charge in [0, 0.05) is 17.3 Å². The predicted molar refractivity (Wildman–Crippen MR) is 166 cm³/mol. The van der Waals surface area contributed by atoms with Crippen molar-refractivity contribution >= 4 is 40.0 Å². The second kappa shape index (κ2) is 10.3. The molecule has 0 saturated carbocycles. The number of nitrogens with one attached hydrogen (secondary N) is 1. The summed E-state index contributed by atoms with van der Waals surface area (Å²) in [5.41, 5.74) is -3.77. The van der Waals surface area contributed by atoms with Crippen LogP contribution in [0.15, 0.2) is 77.3 Å². The van der Waals surface area contributed by atoms with E-state index in [1.807, 2.05) is 13.0 Å². The third-order valence-corrected chi connectivity index (χ3v) is 8.86. The lowest BCUT2D eigenvalue weighted by Crippen LogP contribution is -2.36. The Bertz CT molecular complexity index is 2240. The first-order valence-corrected chi connectivity index (χ1v) is 14.5. The molecule has 0 unspecified atom stereocenters. The molecule has 4 aromatic rings. The molecule has 3 aliphatic carbocycles. The number of benzene rings is 3. The molecule has 0 radical (unpaired) electrons. The molecule has 1 heterocycles. The fourth-order valence-electron chi connectivity index (χ4n) is 6.81. The van der Waals surface area contributed by atoms with Crippen LogP contribution in [0.2, 0.25) is 0 Å². The summed E-state index contributed by atoms with van der Waals surface area (Å²) in [4.78, 5) is 71.0. The second-order valence-corrected chi connectivity index (χ2v) is 11.4. The van der Waals surface area contributed by atoms with E-state index in [1.165, 1.54) is 0 Å². The minimum absolute atomic E-state index is 0.0735. The maximum atomic E-state index is 14.3. The zero-order valence-electron chi connectivity index (χ0n) is 24.3. The maximum absolute atomic E-state index is 14.3. The van der Waals surface area contributed by atoms with E-state index in [0.29, 0.717) is 22.2 Å². The third-order valence-electron chi connectivity index (χ3n) is 8.86. The highest BCUT2D eigenvalue weighted by Crippen LogP contribution is 2.57. The Morgan fingerprint density at radius 2 is 1.57 bits per heavy atom. The molecule has 10 heteroatoms. The van der Waals surface area contributed by atoms with Crippen LogP contribution in [0, 0.1) is 0 Å². The normalized spacial score (nSPS) is 18.6. The van der Waals surface area contributed by atoms with Gasteiger partial charge in [-0.15, -0.1) is 0 Å². The van der Waals surface area contributed by atoms with Crippen molar-refractivity contribution in [2.75, 3.05) is 0 Å². The van der Waals surface area contributed by atoms with Gasteiger partial charge < -0.3 is 25.0 Å². The molecule has 46 heavy (non-hydrogen) atoms. The van der Waals surface area contributed by atoms with Crippen molar-refractivity contribution < 1.29 is 39.2 Å². The number of carbonyl (C=O) groups excluding carboxylic acids is 4. The number of carbonyl (C=O) groups is 4. The highest BCUT2D eigenvalue weighted by Gasteiger charge is 2.61. The average molecular weight is 616 g/mol. The smallest absolute Gasteiger partial charge is 0.260 e. The van der Waals surface area contributed by atoms with Crippen LogP contribution < -0.4 is 5.56 Å². The summed E-state index contributed by atoms with van der Waals surface area (Å²) in [7, 11) is 0. The zero-order chi connectivity index (χ0) is 32.5. The number of hydrogen-bond donors (Lipinski definition) is 4. The molecule has 3 aromatic carbocycles. The summed E-state index contributed by atoms with van der Waals surface area (Å²) in [6, 6.07) is 12.1. The minimum atomic E-state index is -2.10. The van der Waals surface area contributed by atoms with Crippen molar-refractivity contribution in [2.24, 2.45) is 0 Å². The van der Waals surface area contributed by atoms with Crippen molar-refractivity contribution in [1.29, 1.82) is 0 Å². The molecule has 0 aliphatic heterocycles. The van der Waals surface area contributed by atoms with E-state index >= 15 is 0 Å². The summed E-state index contributed by atoms with van der Waals surface area (Å²) in [5.74, 6) is -6.59. The quantitative estimate of drug-likeness (QED) is 0.137. The van der Waals surface area contributed by atoms with Crippen molar-refractivity contribution in [3.8, 4) is 17.2 Å². The molecule has 7 rings (SSSR count). The van der Waals surface area contributed by atoms with Gasteiger partial charge >= 0.3 is 0 Å². The summed E-state index contributed by atoms with van der Waals surface area (Å²) >= 11 is 0. The average Bonchev–Trinajstić information content (AvgIpc) is 3.53. The third kappa shape index (κ3) is 3.86. The Hall–Kier alpha value is -6.03. The van der Waals surface area contributed by atoms with E-state index in [2.05, 4.69) is 4.98 Å². The van der Waals surface area contributed by atoms with E-state index in [4.69, 9.17) is 4.74 Å². The number of ether oxygens (including phenoxy) is 1. The van der Waals surface area contributed by atoms with Gasteiger partial charge in [0.15, 0.2) is 23.1 Å². The zero-order valence-corrected chi connectivity index (χ0v) is 24.3. The number of phenols is 3. The van der Waals surface area contributed by atoms with Crippen molar-refractivity contribution in [3.63, 3.8) is 0 Å². The number of hydrogen-bond acceptors (Lipinski definition) is 9. The van der Waals surface area contributed by atoms with Gasteiger partial charge in [-0.05, 0) is 48.4 Å². The first-order chi connectivity index (χ1) is 22.1. The predicted octanol–water partition coefficient (Wildman–Crippen LogP) is 4.98. The molecule has 1 aromatic heterocycles. The standard InChI is InChI=1S/C36H25NO9/c1-2-3-5-10-20-14-19-13-18-11-12-36(28(18)32(42)23(19)35(45)37-20)33(43)26-27(34(36)44)31(41)25-24(30(26)40)21(38)15-22(29(25)39)46-16-17-8-6-4-7-9-17/h2-10,13-15,40-42H,11-12,16H2,1H3,(H,37,45)/b3-2+,10-5+/t36-/m0/s1. The van der Waals surface area contributed by atoms with E-state index in [0.717, 1.165) is 6.08 Å². The fraction of sp³-hybridized carbons (Fsp3) is 0.139. The molecule has 0 saturated heterocycles. The Balaban J connectivity index is 1.35. The molecule has 228 valence electrons. The number of phenolic OH excluding ortho intramolecular Hbond substituents is 3. The van der Waals surface area contributed by atoms with Crippen LogP contribution in [0.3, 0.4) is 0 Å². The van der Waals surface area contributed by atoms with Crippen LogP contribution in [-0.4, -0.2) is 43.4 Å². The Labute approximate surface area is 260 Å². The molecule has 4 N–H and O–H groups in total. The van der Waals surface area contributed by atoms with Crippen LogP contribution >= 0.6 is 0 Å². The number of H-pyrrole nitrogens is 1. The largest absolute Gasteiger partial charge is 0.507 e. The molecule has 3 aliphatic rings. The first kappa shape index (κ1) is 28.7. The van der Waals surface area contributed by atoms with Gasteiger partial charge in [-0.2, -0.15) is 0 Å². The van der Waals surface area contributed by atoms with Gasteiger partial charge in [0.25, 0.3) is 5.56 Å². The number of aromatic hydroxyl groups is 3. The lowest BCUT2D eigenvalue weighted by molar-refractivity contribution is 0.0790. The van der Waals surface area contributed by atoms with Crippen LogP contribution in [0.5, 0.6) is 17.2 Å². The molecule has 1 atom stereocenters. The second-order valence-electron chi connectivity index (χ2n) is 11.4. The first-order valence-electron chi connectivity index (χ1n) is 14.5. The number of fused-ring (bicyclic) bond motifs is 5. The SMILES string of the molecule is C/C=C/C=C/c1cc2cc3c(c(O)c2c(=O)[nH]1)[C@@]1(CC3)C(=O)c2c(O)c3c(c(O)c2C1=O)C(=O)C(OCc1ccccc1)=CC3=O. The Kier molecular flexibility index (Phi) is 6.41. The monoisotopic (exact) mass is 615 g/mol. The van der Waals surface area contributed by atoms with E-state index in [9.17, 15) is 39.3 Å². The number of ketones is 4. The molecule has 0 fully saturated rings. The molecular formula is C36H25NO9. The number of aryl methyl sites for hydroxylation is 1. The number of allylic oxidation sites excluding steroid dienone is 5. The minimum Gasteiger partial charge on any atom is -0.507 e. The van der Waals surface area contributed by atoms with Crippen LogP contribution in [0.25, 0.3) is 16.8 Å². The van der Waals surface area contributed by atoms with Gasteiger partial charge in [-0.1, -0.05) is 54.6 Å². The maximum Gasteiger partial charge on any atom is 0.260 e. The lowest BCUT2D eigenvalue weighted by Gasteiger charge is -2.22. The van der Waals surface area contributed by atoms with Crippen molar-refractivity contribution in [1.82, 2.24) is 4.98 Å². The topological polar surface area (TPSA) is 171 Å². The Morgan fingerprint density at radius 3 is 2.26 bits per heavy atom. The molecule has 1 spiro atoms. The summed E-state index contributed by atoms with van der Waals surface area (Å²) in [6.45, 7) is 1.77. The van der Waals surface area contributed by atoms with Crippen molar-refractivity contribution in [3.05, 3.63) is 128 Å². The molecule has 0 amide bonds. The lowest BCUT2D eigenvalue weighted by atomic mass is 9.76. The fourth-order valence-corrected chi connectivity index (χ4v) is 6.81. The van der Waals surface area contributed by atoms with Crippen LogP contribution in [0.4, 0.5) is 0 Å². The van der Waals surface area contributed by atoms with E-state index in [-0.39, 0.29) is 30.4 Å². The number of aromatic nitrogens is 1. The highest BCUT2D eigenvalue weighted by atomic mass is 16.5. The van der Waals surface area contributed by atoms with Crippen LogP contribution in [-0.2, 0) is 23.2 Å². The highest BCUT2D eigenvalue weighted by molar-refractivity contribution is 6.38.